The largest absolute Gasteiger partial charge is 0.352 e. The van der Waals surface area contributed by atoms with Gasteiger partial charge in [-0.1, -0.05) is 45.7 Å². The zero-order chi connectivity index (χ0) is 13.8. The quantitative estimate of drug-likeness (QED) is 0.670. The molecule has 0 fully saturated rings. The van der Waals surface area contributed by atoms with Gasteiger partial charge in [-0.05, 0) is 18.6 Å². The summed E-state index contributed by atoms with van der Waals surface area (Å²) in [5, 5.41) is 3.24. The number of carbonyl (C=O) groups is 1. The molecule has 4 heteroatoms. The van der Waals surface area contributed by atoms with Gasteiger partial charge >= 0.3 is 0 Å². The Balaban J connectivity index is 2.89. The van der Waals surface area contributed by atoms with Crippen molar-refractivity contribution in [3.63, 3.8) is 0 Å². The maximum atomic E-state index is 12.0. The van der Waals surface area contributed by atoms with Crippen LogP contribution in [0.2, 0.25) is 5.15 Å². The molecule has 1 aromatic heterocycles. The molecule has 0 aliphatic heterocycles. The smallest absolute Gasteiger partial charge is 0.251 e. The number of carbonyl (C=O) groups excluding carboxylic acids is 1. The van der Waals surface area contributed by atoms with E-state index in [1.54, 1.807) is 6.07 Å². The van der Waals surface area contributed by atoms with Crippen molar-refractivity contribution in [3.05, 3.63) is 28.5 Å². The Morgan fingerprint density at radius 1 is 1.39 bits per heavy atom. The molecule has 0 atom stereocenters. The first-order valence-electron chi connectivity index (χ1n) is 6.31. The van der Waals surface area contributed by atoms with Gasteiger partial charge in [0.15, 0.2) is 0 Å². The first-order chi connectivity index (χ1) is 8.34. The molecule has 1 rings (SSSR count). The second-order valence-electron chi connectivity index (χ2n) is 5.42. The standard InChI is InChI=1S/C14H21ClN2O/c1-5-6-7-16-13(18)10-8-11(14(2,3)4)17-12(15)9-10/h8-9H,5-7H2,1-4H3,(H,16,18). The normalized spacial score (nSPS) is 11.4. The van der Waals surface area contributed by atoms with Crippen LogP contribution in [0.3, 0.4) is 0 Å². The second-order valence-corrected chi connectivity index (χ2v) is 5.81. The number of hydrogen-bond acceptors (Lipinski definition) is 2. The van der Waals surface area contributed by atoms with Crippen LogP contribution in [-0.4, -0.2) is 17.4 Å². The maximum Gasteiger partial charge on any atom is 0.251 e. The summed E-state index contributed by atoms with van der Waals surface area (Å²) < 4.78 is 0. The number of aromatic nitrogens is 1. The molecule has 0 spiro atoms. The molecule has 0 unspecified atom stereocenters. The van der Waals surface area contributed by atoms with Crippen molar-refractivity contribution < 1.29 is 4.79 Å². The van der Waals surface area contributed by atoms with E-state index in [0.29, 0.717) is 17.3 Å². The minimum Gasteiger partial charge on any atom is -0.352 e. The van der Waals surface area contributed by atoms with Crippen LogP contribution in [0.5, 0.6) is 0 Å². The van der Waals surface area contributed by atoms with E-state index in [-0.39, 0.29) is 11.3 Å². The molecule has 0 radical (unpaired) electrons. The lowest BCUT2D eigenvalue weighted by molar-refractivity contribution is 0.0953. The minimum atomic E-state index is -0.122. The molecule has 18 heavy (non-hydrogen) atoms. The van der Waals surface area contributed by atoms with Crippen LogP contribution in [0.15, 0.2) is 12.1 Å². The Morgan fingerprint density at radius 3 is 2.61 bits per heavy atom. The fraction of sp³-hybridized carbons (Fsp3) is 0.571. The van der Waals surface area contributed by atoms with Crippen LogP contribution in [-0.2, 0) is 5.41 Å². The van der Waals surface area contributed by atoms with Gasteiger partial charge in [0.2, 0.25) is 0 Å². The van der Waals surface area contributed by atoms with E-state index in [1.165, 1.54) is 0 Å². The highest BCUT2D eigenvalue weighted by Gasteiger charge is 2.18. The van der Waals surface area contributed by atoms with E-state index < -0.39 is 0 Å². The highest BCUT2D eigenvalue weighted by Crippen LogP contribution is 2.23. The third-order valence-electron chi connectivity index (χ3n) is 2.64. The van der Waals surface area contributed by atoms with Gasteiger partial charge in [-0.25, -0.2) is 4.98 Å². The maximum absolute atomic E-state index is 12.0. The SMILES string of the molecule is CCCCNC(=O)c1cc(Cl)nc(C(C)(C)C)c1. The summed E-state index contributed by atoms with van der Waals surface area (Å²) >= 11 is 5.97. The molecule has 3 nitrogen and oxygen atoms in total. The lowest BCUT2D eigenvalue weighted by atomic mass is 9.91. The molecule has 0 aliphatic carbocycles. The van der Waals surface area contributed by atoms with Crippen LogP contribution in [0.4, 0.5) is 0 Å². The van der Waals surface area contributed by atoms with Gasteiger partial charge in [-0.3, -0.25) is 4.79 Å². The van der Waals surface area contributed by atoms with Crippen LogP contribution in [0.1, 0.15) is 56.6 Å². The monoisotopic (exact) mass is 268 g/mol. The molecule has 0 saturated carbocycles. The number of unbranched alkanes of at least 4 members (excludes halogenated alkanes) is 1. The van der Waals surface area contributed by atoms with Gasteiger partial charge in [0.1, 0.15) is 5.15 Å². The van der Waals surface area contributed by atoms with E-state index in [1.807, 2.05) is 26.8 Å². The number of hydrogen-bond donors (Lipinski definition) is 1. The van der Waals surface area contributed by atoms with Crippen molar-refractivity contribution in [1.29, 1.82) is 0 Å². The predicted octanol–water partition coefficient (Wildman–Crippen LogP) is 3.56. The molecular formula is C14H21ClN2O. The van der Waals surface area contributed by atoms with Crippen molar-refractivity contribution in [2.24, 2.45) is 0 Å². The Labute approximate surface area is 114 Å². The van der Waals surface area contributed by atoms with Crippen molar-refractivity contribution in [1.82, 2.24) is 10.3 Å². The highest BCUT2D eigenvalue weighted by molar-refractivity contribution is 6.29. The van der Waals surface area contributed by atoms with Gasteiger partial charge in [-0.2, -0.15) is 0 Å². The number of rotatable bonds is 4. The molecule has 0 bridgehead atoms. The van der Waals surface area contributed by atoms with Crippen LogP contribution in [0, 0.1) is 0 Å². The third kappa shape index (κ3) is 4.30. The lowest BCUT2D eigenvalue weighted by Crippen LogP contribution is -2.25. The summed E-state index contributed by atoms with van der Waals surface area (Å²) in [5.74, 6) is -0.0850. The van der Waals surface area contributed by atoms with E-state index >= 15 is 0 Å². The molecule has 1 heterocycles. The highest BCUT2D eigenvalue weighted by atomic mass is 35.5. The Kier molecular flexibility index (Phi) is 5.15. The molecular weight excluding hydrogens is 248 g/mol. The molecule has 0 saturated heterocycles. The van der Waals surface area contributed by atoms with E-state index in [2.05, 4.69) is 17.2 Å². The number of nitrogens with zero attached hydrogens (tertiary/aromatic N) is 1. The van der Waals surface area contributed by atoms with Gasteiger partial charge in [0.05, 0.1) is 0 Å². The first kappa shape index (κ1) is 15.0. The minimum absolute atomic E-state index is 0.0850. The molecule has 0 aliphatic rings. The summed E-state index contributed by atoms with van der Waals surface area (Å²) in [5.41, 5.74) is 1.29. The molecule has 1 amide bonds. The molecule has 1 aromatic rings. The molecule has 0 aromatic carbocycles. The summed E-state index contributed by atoms with van der Waals surface area (Å²) in [7, 11) is 0. The Bertz CT molecular complexity index is 424. The average Bonchev–Trinajstić information content (AvgIpc) is 2.27. The van der Waals surface area contributed by atoms with Crippen molar-refractivity contribution in [3.8, 4) is 0 Å². The van der Waals surface area contributed by atoms with Crippen molar-refractivity contribution >= 4 is 17.5 Å². The number of amides is 1. The Morgan fingerprint density at radius 2 is 2.06 bits per heavy atom. The number of pyridine rings is 1. The predicted molar refractivity (Wildman–Crippen MR) is 75.2 cm³/mol. The first-order valence-corrected chi connectivity index (χ1v) is 6.68. The summed E-state index contributed by atoms with van der Waals surface area (Å²) in [6, 6.07) is 3.42. The van der Waals surface area contributed by atoms with Crippen LogP contribution in [0.25, 0.3) is 0 Å². The van der Waals surface area contributed by atoms with Gasteiger partial charge < -0.3 is 5.32 Å². The molecule has 100 valence electrons. The third-order valence-corrected chi connectivity index (χ3v) is 2.83. The topological polar surface area (TPSA) is 42.0 Å². The Hall–Kier alpha value is -1.09. The van der Waals surface area contributed by atoms with Crippen molar-refractivity contribution in [2.75, 3.05) is 6.54 Å². The van der Waals surface area contributed by atoms with Crippen LogP contribution >= 0.6 is 11.6 Å². The van der Waals surface area contributed by atoms with E-state index in [9.17, 15) is 4.79 Å². The summed E-state index contributed by atoms with van der Waals surface area (Å²) in [6.45, 7) is 8.92. The van der Waals surface area contributed by atoms with Crippen LogP contribution < -0.4 is 5.32 Å². The lowest BCUT2D eigenvalue weighted by Gasteiger charge is -2.18. The zero-order valence-electron chi connectivity index (χ0n) is 11.5. The van der Waals surface area contributed by atoms with E-state index in [4.69, 9.17) is 11.6 Å². The summed E-state index contributed by atoms with van der Waals surface area (Å²) in [6.07, 6.45) is 2.04. The fourth-order valence-corrected chi connectivity index (χ4v) is 1.70. The average molecular weight is 269 g/mol. The van der Waals surface area contributed by atoms with Gasteiger partial charge in [0.25, 0.3) is 5.91 Å². The van der Waals surface area contributed by atoms with E-state index in [0.717, 1.165) is 18.5 Å². The van der Waals surface area contributed by atoms with Gasteiger partial charge in [-0.15, -0.1) is 0 Å². The van der Waals surface area contributed by atoms with Gasteiger partial charge in [0, 0.05) is 23.2 Å². The number of halogens is 1. The molecule has 1 N–H and O–H groups in total. The number of nitrogens with one attached hydrogen (secondary N) is 1. The van der Waals surface area contributed by atoms with Crippen molar-refractivity contribution in [2.45, 2.75) is 46.0 Å². The second kappa shape index (κ2) is 6.19. The fourth-order valence-electron chi connectivity index (χ4n) is 1.49. The summed E-state index contributed by atoms with van der Waals surface area (Å²) in [4.78, 5) is 16.2. The zero-order valence-corrected chi connectivity index (χ0v) is 12.3.